The van der Waals surface area contributed by atoms with Gasteiger partial charge in [0.2, 0.25) is 0 Å². The van der Waals surface area contributed by atoms with Gasteiger partial charge in [0.05, 0.1) is 18.3 Å². The molecule has 1 aliphatic heterocycles. The molecule has 20 heavy (non-hydrogen) atoms. The van der Waals surface area contributed by atoms with Gasteiger partial charge in [-0.15, -0.1) is 6.58 Å². The van der Waals surface area contributed by atoms with Crippen LogP contribution in [0.1, 0.15) is 16.8 Å². The molecule has 0 saturated carbocycles. The second-order valence-corrected chi connectivity index (χ2v) is 4.88. The number of carbonyl (C=O) groups is 1. The third-order valence-corrected chi connectivity index (χ3v) is 3.49. The highest BCUT2D eigenvalue weighted by molar-refractivity contribution is 6.31. The topological polar surface area (TPSA) is 29.5 Å². The molecule has 0 aliphatic carbocycles. The molecule has 1 heterocycles. The van der Waals surface area contributed by atoms with Crippen LogP contribution in [0.15, 0.2) is 24.8 Å². The minimum absolute atomic E-state index is 0.0871. The van der Waals surface area contributed by atoms with E-state index in [0.717, 1.165) is 12.1 Å². The summed E-state index contributed by atoms with van der Waals surface area (Å²) in [6.45, 7) is 4.80. The molecule has 1 amide bonds. The number of rotatable bonds is 4. The lowest BCUT2D eigenvalue weighted by Crippen LogP contribution is -2.31. The number of halogens is 3. The molecule has 3 nitrogen and oxygen atoms in total. The minimum Gasteiger partial charge on any atom is -0.372 e. The lowest BCUT2D eigenvalue weighted by Gasteiger charge is -2.17. The van der Waals surface area contributed by atoms with Crippen molar-refractivity contribution in [2.75, 3.05) is 19.7 Å². The van der Waals surface area contributed by atoms with Crippen LogP contribution in [0, 0.1) is 11.6 Å². The van der Waals surface area contributed by atoms with Gasteiger partial charge in [0, 0.05) is 13.1 Å². The Morgan fingerprint density at radius 1 is 1.55 bits per heavy atom. The van der Waals surface area contributed by atoms with Crippen LogP contribution in [-0.2, 0) is 4.74 Å². The lowest BCUT2D eigenvalue weighted by atomic mass is 10.2. The van der Waals surface area contributed by atoms with Crippen molar-refractivity contribution in [1.82, 2.24) is 4.90 Å². The molecule has 1 aromatic rings. The van der Waals surface area contributed by atoms with Crippen molar-refractivity contribution in [2.24, 2.45) is 0 Å². The maximum Gasteiger partial charge on any atom is 0.256 e. The van der Waals surface area contributed by atoms with E-state index < -0.39 is 22.6 Å². The Labute approximate surface area is 120 Å². The van der Waals surface area contributed by atoms with E-state index in [4.69, 9.17) is 16.3 Å². The summed E-state index contributed by atoms with van der Waals surface area (Å²) < 4.78 is 32.3. The Hall–Kier alpha value is -1.46. The van der Waals surface area contributed by atoms with E-state index in [1.54, 1.807) is 6.08 Å². The van der Waals surface area contributed by atoms with Gasteiger partial charge in [0.25, 0.3) is 5.91 Å². The molecule has 1 unspecified atom stereocenters. The number of hydrogen-bond donors (Lipinski definition) is 0. The van der Waals surface area contributed by atoms with Crippen LogP contribution in [0.25, 0.3) is 0 Å². The van der Waals surface area contributed by atoms with Crippen LogP contribution in [0.4, 0.5) is 8.78 Å². The zero-order chi connectivity index (χ0) is 14.7. The van der Waals surface area contributed by atoms with Crippen molar-refractivity contribution in [2.45, 2.75) is 12.5 Å². The number of ether oxygens (including phenoxy) is 1. The summed E-state index contributed by atoms with van der Waals surface area (Å²) in [6, 6.07) is 2.09. The van der Waals surface area contributed by atoms with E-state index in [1.807, 2.05) is 0 Å². The van der Waals surface area contributed by atoms with Crippen LogP contribution < -0.4 is 0 Å². The standard InChI is InChI=1S/C14H14ClF2NO2/c1-2-7-20-9-5-6-18(8-9)14(19)10-3-4-11(16)12(15)13(10)17/h2-4,9H,1,5-8H2. The highest BCUT2D eigenvalue weighted by Crippen LogP contribution is 2.24. The average Bonchev–Trinajstić information content (AvgIpc) is 2.91. The molecule has 0 aromatic heterocycles. The van der Waals surface area contributed by atoms with Gasteiger partial charge in [-0.3, -0.25) is 4.79 Å². The maximum absolute atomic E-state index is 13.8. The summed E-state index contributed by atoms with van der Waals surface area (Å²) in [5, 5.41) is -0.658. The molecule has 1 aliphatic rings. The summed E-state index contributed by atoms with van der Waals surface area (Å²) in [4.78, 5) is 13.7. The first kappa shape index (κ1) is 14.9. The third kappa shape index (κ3) is 2.99. The van der Waals surface area contributed by atoms with Crippen LogP contribution >= 0.6 is 11.6 Å². The first-order chi connectivity index (χ1) is 9.54. The molecule has 1 fully saturated rings. The fourth-order valence-corrected chi connectivity index (χ4v) is 2.28. The Morgan fingerprint density at radius 3 is 3.00 bits per heavy atom. The molecule has 0 bridgehead atoms. The van der Waals surface area contributed by atoms with Crippen molar-refractivity contribution in [3.8, 4) is 0 Å². The van der Waals surface area contributed by atoms with Gasteiger partial charge in [-0.05, 0) is 18.6 Å². The van der Waals surface area contributed by atoms with Gasteiger partial charge in [-0.25, -0.2) is 8.78 Å². The van der Waals surface area contributed by atoms with Gasteiger partial charge >= 0.3 is 0 Å². The van der Waals surface area contributed by atoms with Crippen LogP contribution in [-0.4, -0.2) is 36.6 Å². The molecular formula is C14H14ClF2NO2. The van der Waals surface area contributed by atoms with E-state index in [1.165, 1.54) is 4.90 Å². The van der Waals surface area contributed by atoms with E-state index in [9.17, 15) is 13.6 Å². The lowest BCUT2D eigenvalue weighted by molar-refractivity contribution is 0.0651. The van der Waals surface area contributed by atoms with Gasteiger partial charge in [0.1, 0.15) is 10.8 Å². The largest absolute Gasteiger partial charge is 0.372 e. The second-order valence-electron chi connectivity index (χ2n) is 4.51. The minimum atomic E-state index is -1.02. The van der Waals surface area contributed by atoms with Crippen molar-refractivity contribution >= 4 is 17.5 Å². The van der Waals surface area contributed by atoms with E-state index in [2.05, 4.69) is 6.58 Å². The van der Waals surface area contributed by atoms with E-state index in [0.29, 0.717) is 26.1 Å². The third-order valence-electron chi connectivity index (χ3n) is 3.15. The summed E-state index contributed by atoms with van der Waals surface area (Å²) in [6.07, 6.45) is 2.22. The zero-order valence-corrected chi connectivity index (χ0v) is 11.5. The SMILES string of the molecule is C=CCOC1CCN(C(=O)c2ccc(F)c(Cl)c2F)C1. The summed E-state index contributed by atoms with van der Waals surface area (Å²) in [7, 11) is 0. The van der Waals surface area contributed by atoms with Crippen molar-refractivity contribution in [1.29, 1.82) is 0 Å². The van der Waals surface area contributed by atoms with E-state index >= 15 is 0 Å². The van der Waals surface area contributed by atoms with Gasteiger partial charge < -0.3 is 9.64 Å². The molecule has 1 aromatic carbocycles. The summed E-state index contributed by atoms with van der Waals surface area (Å²) >= 11 is 5.47. The predicted molar refractivity (Wildman–Crippen MR) is 71.8 cm³/mol. The van der Waals surface area contributed by atoms with Gasteiger partial charge in [-0.1, -0.05) is 17.7 Å². The molecule has 0 radical (unpaired) electrons. The molecule has 0 N–H and O–H groups in total. The van der Waals surface area contributed by atoms with Crippen molar-refractivity contribution < 1.29 is 18.3 Å². The number of likely N-dealkylation sites (tertiary alicyclic amines) is 1. The number of nitrogens with zero attached hydrogens (tertiary/aromatic N) is 1. The Balaban J connectivity index is 2.09. The van der Waals surface area contributed by atoms with Crippen LogP contribution in [0.3, 0.4) is 0 Å². The highest BCUT2D eigenvalue weighted by atomic mass is 35.5. The Bertz CT molecular complexity index is 536. The Morgan fingerprint density at radius 2 is 2.30 bits per heavy atom. The molecule has 1 atom stereocenters. The van der Waals surface area contributed by atoms with Crippen LogP contribution in [0.5, 0.6) is 0 Å². The van der Waals surface area contributed by atoms with E-state index in [-0.39, 0.29) is 11.7 Å². The molecule has 1 saturated heterocycles. The number of hydrogen-bond acceptors (Lipinski definition) is 2. The van der Waals surface area contributed by atoms with Gasteiger partial charge in [-0.2, -0.15) is 0 Å². The normalized spacial score (nSPS) is 18.4. The number of amides is 1. The molecule has 108 valence electrons. The number of benzene rings is 1. The fraction of sp³-hybridized carbons (Fsp3) is 0.357. The monoisotopic (exact) mass is 301 g/mol. The van der Waals surface area contributed by atoms with Crippen molar-refractivity contribution in [3.05, 3.63) is 47.0 Å². The fourth-order valence-electron chi connectivity index (χ4n) is 2.11. The maximum atomic E-state index is 13.8. The number of carbonyl (C=O) groups excluding carboxylic acids is 1. The predicted octanol–water partition coefficient (Wildman–Crippen LogP) is 3.04. The first-order valence-electron chi connectivity index (χ1n) is 6.20. The molecule has 0 spiro atoms. The Kier molecular flexibility index (Phi) is 4.73. The smallest absolute Gasteiger partial charge is 0.256 e. The quantitative estimate of drug-likeness (QED) is 0.632. The summed E-state index contributed by atoms with van der Waals surface area (Å²) in [5.74, 6) is -2.41. The van der Waals surface area contributed by atoms with Crippen LogP contribution in [0.2, 0.25) is 5.02 Å². The zero-order valence-electron chi connectivity index (χ0n) is 10.7. The van der Waals surface area contributed by atoms with Crippen molar-refractivity contribution in [3.63, 3.8) is 0 Å². The molecule has 2 rings (SSSR count). The first-order valence-corrected chi connectivity index (χ1v) is 6.57. The van der Waals surface area contributed by atoms with Gasteiger partial charge in [0.15, 0.2) is 5.82 Å². The second kappa shape index (κ2) is 6.33. The molecule has 6 heteroatoms. The summed E-state index contributed by atoms with van der Waals surface area (Å²) in [5.41, 5.74) is -0.222. The average molecular weight is 302 g/mol. The highest BCUT2D eigenvalue weighted by Gasteiger charge is 2.29. The molecular weight excluding hydrogens is 288 g/mol.